The lowest BCUT2D eigenvalue weighted by molar-refractivity contribution is -0.698. The van der Waals surface area contributed by atoms with Crippen molar-refractivity contribution in [1.82, 2.24) is 5.32 Å². The first kappa shape index (κ1) is 14.8. The molecule has 90 valence electrons. The van der Waals surface area contributed by atoms with Gasteiger partial charge in [-0.1, -0.05) is 0 Å². The van der Waals surface area contributed by atoms with Gasteiger partial charge in [0, 0.05) is 18.7 Å². The van der Waals surface area contributed by atoms with Gasteiger partial charge in [-0.25, -0.2) is 9.88 Å². The summed E-state index contributed by atoms with van der Waals surface area (Å²) in [6.07, 6.45) is 7.31. The molecule has 0 spiro atoms. The van der Waals surface area contributed by atoms with Crippen LogP contribution in [0.4, 0.5) is 0 Å². The fourth-order valence-corrected chi connectivity index (χ4v) is 1.07. The van der Waals surface area contributed by atoms with Gasteiger partial charge in [-0.3, -0.25) is 0 Å². The van der Waals surface area contributed by atoms with Crippen LogP contribution in [0.2, 0.25) is 0 Å². The number of aliphatic hydroxyl groups excluding tert-OH is 2. The Hall–Kier alpha value is -2.15. The summed E-state index contributed by atoms with van der Waals surface area (Å²) < 4.78 is 1.90. The summed E-state index contributed by atoms with van der Waals surface area (Å²) in [4.78, 5) is 0. The second kappa shape index (κ2) is 10.4. The molecular weight excluding hydrogens is 220 g/mol. The fraction of sp³-hybridized carbons (Fsp3) is 0.364. The minimum atomic E-state index is 0.157. The highest BCUT2D eigenvalue weighted by Gasteiger charge is 1.98. The lowest BCUT2D eigenvalue weighted by atomic mass is 10.2. The maximum atomic E-state index is 8.65. The zero-order valence-corrected chi connectivity index (χ0v) is 9.37. The molecule has 0 aliphatic heterocycles. The second-order valence-electron chi connectivity index (χ2n) is 2.99. The average Bonchev–Trinajstić information content (AvgIpc) is 2.34. The van der Waals surface area contributed by atoms with Crippen molar-refractivity contribution in [3.05, 3.63) is 30.1 Å². The maximum Gasteiger partial charge on any atom is 0.190 e. The SMILES string of the molecule is N#CNC#N.OCCc1cc[n+](CCO)cc1. The van der Waals surface area contributed by atoms with Gasteiger partial charge in [0.25, 0.3) is 0 Å². The van der Waals surface area contributed by atoms with Crippen molar-refractivity contribution in [2.45, 2.75) is 13.0 Å². The van der Waals surface area contributed by atoms with Crippen molar-refractivity contribution in [2.24, 2.45) is 0 Å². The lowest BCUT2D eigenvalue weighted by Gasteiger charge is -1.96. The van der Waals surface area contributed by atoms with Crippen molar-refractivity contribution >= 4 is 0 Å². The first-order chi connectivity index (χ1) is 8.28. The van der Waals surface area contributed by atoms with E-state index in [9.17, 15) is 0 Å². The van der Waals surface area contributed by atoms with Gasteiger partial charge in [-0.05, 0) is 12.0 Å². The topological polar surface area (TPSA) is 104 Å². The molecule has 6 heteroatoms. The number of nitrogens with one attached hydrogen (secondary N) is 1. The van der Waals surface area contributed by atoms with Crippen molar-refractivity contribution in [3.63, 3.8) is 0 Å². The van der Waals surface area contributed by atoms with Gasteiger partial charge in [0.05, 0.1) is 0 Å². The minimum Gasteiger partial charge on any atom is -0.396 e. The van der Waals surface area contributed by atoms with Gasteiger partial charge in [0.15, 0.2) is 31.3 Å². The molecule has 0 aliphatic rings. The van der Waals surface area contributed by atoms with Gasteiger partial charge in [-0.2, -0.15) is 10.5 Å². The summed E-state index contributed by atoms with van der Waals surface area (Å²) >= 11 is 0. The quantitative estimate of drug-likeness (QED) is 0.354. The summed E-state index contributed by atoms with van der Waals surface area (Å²) in [6.45, 7) is 0.966. The van der Waals surface area contributed by atoms with Crippen LogP contribution >= 0.6 is 0 Å². The van der Waals surface area contributed by atoms with E-state index in [2.05, 4.69) is 0 Å². The molecule has 6 nitrogen and oxygen atoms in total. The van der Waals surface area contributed by atoms with Crippen LogP contribution in [0.1, 0.15) is 5.56 Å². The number of rotatable bonds is 4. The van der Waals surface area contributed by atoms with E-state index in [1.807, 2.05) is 29.1 Å². The van der Waals surface area contributed by atoms with Gasteiger partial charge in [0.1, 0.15) is 6.61 Å². The Morgan fingerprint density at radius 3 is 2.06 bits per heavy atom. The van der Waals surface area contributed by atoms with E-state index in [-0.39, 0.29) is 13.2 Å². The Morgan fingerprint density at radius 2 is 1.71 bits per heavy atom. The van der Waals surface area contributed by atoms with E-state index in [4.69, 9.17) is 20.7 Å². The first-order valence-electron chi connectivity index (χ1n) is 5.01. The summed E-state index contributed by atoms with van der Waals surface area (Å²) in [5, 5.41) is 34.0. The number of hydrogen-bond acceptors (Lipinski definition) is 5. The second-order valence-corrected chi connectivity index (χ2v) is 2.99. The van der Waals surface area contributed by atoms with Crippen LogP contribution in [0, 0.1) is 22.9 Å². The molecule has 0 aliphatic carbocycles. The van der Waals surface area contributed by atoms with Crippen molar-refractivity contribution in [2.75, 3.05) is 13.2 Å². The van der Waals surface area contributed by atoms with E-state index in [0.29, 0.717) is 13.0 Å². The summed E-state index contributed by atoms with van der Waals surface area (Å²) in [5.74, 6) is 0. The van der Waals surface area contributed by atoms with Crippen molar-refractivity contribution in [3.8, 4) is 12.4 Å². The zero-order valence-electron chi connectivity index (χ0n) is 9.37. The molecule has 0 radical (unpaired) electrons. The van der Waals surface area contributed by atoms with Crippen LogP contribution in [0.25, 0.3) is 0 Å². The van der Waals surface area contributed by atoms with Crippen LogP contribution in [0.15, 0.2) is 24.5 Å². The molecule has 1 aromatic rings. The molecule has 0 unspecified atom stereocenters. The molecule has 0 fully saturated rings. The number of hydrogen-bond donors (Lipinski definition) is 3. The summed E-state index contributed by atoms with van der Waals surface area (Å²) in [7, 11) is 0. The standard InChI is InChI=1S/C9H14NO2.C2HN3/c11-7-3-9-1-4-10(5-2-9)6-8-12;3-1-5-2-4/h1-2,4-5,11-12H,3,6-8H2;5H/q+1;. The van der Waals surface area contributed by atoms with E-state index >= 15 is 0 Å². The van der Waals surface area contributed by atoms with Gasteiger partial charge >= 0.3 is 0 Å². The normalized spacial score (nSPS) is 8.24. The minimum absolute atomic E-state index is 0.157. The summed E-state index contributed by atoms with van der Waals surface area (Å²) in [6, 6.07) is 3.90. The van der Waals surface area contributed by atoms with E-state index in [1.54, 1.807) is 5.32 Å². The smallest absolute Gasteiger partial charge is 0.190 e. The number of aliphatic hydroxyl groups is 2. The zero-order chi connectivity index (χ0) is 12.9. The number of aromatic nitrogens is 1. The Bertz CT molecular complexity index is 341. The monoisotopic (exact) mass is 235 g/mol. The van der Waals surface area contributed by atoms with Gasteiger partial charge in [-0.15, -0.1) is 0 Å². The fourth-order valence-electron chi connectivity index (χ4n) is 1.07. The molecule has 0 saturated heterocycles. The van der Waals surface area contributed by atoms with Crippen molar-refractivity contribution in [1.29, 1.82) is 10.5 Å². The molecule has 1 rings (SSSR count). The number of nitriles is 2. The van der Waals surface area contributed by atoms with Crippen LogP contribution in [0.3, 0.4) is 0 Å². The summed E-state index contributed by atoms with van der Waals surface area (Å²) in [5.41, 5.74) is 1.12. The van der Waals surface area contributed by atoms with E-state index < -0.39 is 0 Å². The first-order valence-corrected chi connectivity index (χ1v) is 5.01. The molecule has 17 heavy (non-hydrogen) atoms. The molecule has 0 amide bonds. The molecule has 0 saturated carbocycles. The van der Waals surface area contributed by atoms with Crippen LogP contribution in [-0.4, -0.2) is 23.4 Å². The van der Waals surface area contributed by atoms with E-state index in [1.165, 1.54) is 12.4 Å². The number of pyridine rings is 1. The third-order valence-electron chi connectivity index (χ3n) is 1.83. The Kier molecular flexibility index (Phi) is 9.06. The third kappa shape index (κ3) is 7.74. The molecule has 1 aromatic heterocycles. The molecule has 0 atom stereocenters. The largest absolute Gasteiger partial charge is 0.396 e. The number of nitrogens with zero attached hydrogens (tertiary/aromatic N) is 3. The lowest BCUT2D eigenvalue weighted by Crippen LogP contribution is -2.34. The maximum absolute atomic E-state index is 8.65. The van der Waals surface area contributed by atoms with Crippen LogP contribution < -0.4 is 9.88 Å². The van der Waals surface area contributed by atoms with E-state index in [0.717, 1.165) is 5.56 Å². The highest BCUT2D eigenvalue weighted by molar-refractivity contribution is 5.06. The van der Waals surface area contributed by atoms with Crippen LogP contribution in [0.5, 0.6) is 0 Å². The molecule has 3 N–H and O–H groups in total. The van der Waals surface area contributed by atoms with Crippen LogP contribution in [-0.2, 0) is 13.0 Å². The van der Waals surface area contributed by atoms with Gasteiger partial charge in [0.2, 0.25) is 0 Å². The predicted molar refractivity (Wildman–Crippen MR) is 58.9 cm³/mol. The average molecular weight is 235 g/mol. The molecule has 1 heterocycles. The molecular formula is C11H15N4O2+. The van der Waals surface area contributed by atoms with Gasteiger partial charge < -0.3 is 10.2 Å². The Morgan fingerprint density at radius 1 is 1.12 bits per heavy atom. The van der Waals surface area contributed by atoms with Crippen molar-refractivity contribution < 1.29 is 14.8 Å². The molecule has 0 bridgehead atoms. The highest BCUT2D eigenvalue weighted by atomic mass is 16.3. The highest BCUT2D eigenvalue weighted by Crippen LogP contribution is 1.94. The molecule has 0 aromatic carbocycles. The third-order valence-corrected chi connectivity index (χ3v) is 1.83. The Balaban J connectivity index is 0.000000437. The predicted octanol–water partition coefficient (Wildman–Crippen LogP) is -0.961. The Labute approximate surface area is 100.0 Å².